The summed E-state index contributed by atoms with van der Waals surface area (Å²) in [5.74, 6) is 0. The monoisotopic (exact) mass is 491 g/mol. The lowest BCUT2D eigenvalue weighted by Gasteiger charge is -2.27. The third-order valence-electron chi connectivity index (χ3n) is 5.42. The predicted octanol–water partition coefficient (Wildman–Crippen LogP) is 1.67. The van der Waals surface area contributed by atoms with Crippen LogP contribution < -0.4 is 39.0 Å². The molecule has 2 amide bonds. The van der Waals surface area contributed by atoms with E-state index in [2.05, 4.69) is 47.0 Å². The molecule has 0 aliphatic heterocycles. The molecule has 0 heterocycles. The molecule has 0 fully saturated rings. The summed E-state index contributed by atoms with van der Waals surface area (Å²) < 4.78 is 0. The lowest BCUT2D eigenvalue weighted by molar-refractivity contribution is -0.383. The second-order valence-electron chi connectivity index (χ2n) is 7.38. The van der Waals surface area contributed by atoms with Gasteiger partial charge in [-0.3, -0.25) is 10.1 Å². The fraction of sp³-hybridized carbons (Fsp3) is 0.0385. The van der Waals surface area contributed by atoms with Crippen molar-refractivity contribution in [3.63, 3.8) is 0 Å². The van der Waals surface area contributed by atoms with Gasteiger partial charge in [0.2, 0.25) is 0 Å². The van der Waals surface area contributed by atoms with Crippen LogP contribution in [-0.4, -0.2) is 17.2 Å². The van der Waals surface area contributed by atoms with Gasteiger partial charge in [-0.15, -0.1) is 0 Å². The molecular formula is C26H23ClN3O3P. The first-order valence-corrected chi connectivity index (χ1v) is 12.4. The van der Waals surface area contributed by atoms with E-state index in [4.69, 9.17) is 0 Å². The van der Waals surface area contributed by atoms with Crippen molar-refractivity contribution >= 4 is 40.6 Å². The van der Waals surface area contributed by atoms with Crippen molar-refractivity contribution in [2.75, 3.05) is 11.6 Å². The van der Waals surface area contributed by atoms with Gasteiger partial charge in [-0.2, -0.15) is 0 Å². The smallest absolute Gasteiger partial charge is 0.322 e. The van der Waals surface area contributed by atoms with Crippen molar-refractivity contribution in [3.8, 4) is 0 Å². The number of urea groups is 1. The van der Waals surface area contributed by atoms with E-state index in [9.17, 15) is 14.9 Å². The highest BCUT2D eigenvalue weighted by Gasteiger charge is 2.45. The molecule has 34 heavy (non-hydrogen) atoms. The molecule has 0 aliphatic carbocycles. The highest BCUT2D eigenvalue weighted by atomic mass is 35.5. The van der Waals surface area contributed by atoms with Crippen LogP contribution in [0.4, 0.5) is 16.2 Å². The van der Waals surface area contributed by atoms with Crippen LogP contribution in [0.25, 0.3) is 0 Å². The number of nitrogens with zero attached hydrogens (tertiary/aromatic N) is 1. The molecule has 172 valence electrons. The average Bonchev–Trinajstić information content (AvgIpc) is 2.87. The minimum absolute atomic E-state index is 0. The van der Waals surface area contributed by atoms with E-state index in [1.165, 1.54) is 12.1 Å². The summed E-state index contributed by atoms with van der Waals surface area (Å²) in [5.41, 5.74) is 0.00551. The summed E-state index contributed by atoms with van der Waals surface area (Å²) in [6.45, 7) is 0. The van der Waals surface area contributed by atoms with E-state index in [1.54, 1.807) is 12.1 Å². The largest absolute Gasteiger partial charge is 1.00 e. The molecular weight excluding hydrogens is 469 g/mol. The second-order valence-corrected chi connectivity index (χ2v) is 10.9. The fourth-order valence-electron chi connectivity index (χ4n) is 3.86. The van der Waals surface area contributed by atoms with Gasteiger partial charge in [0.05, 0.1) is 4.92 Å². The minimum Gasteiger partial charge on any atom is -1.00 e. The minimum atomic E-state index is -2.25. The standard InChI is InChI=1S/C26H22N3O3P.ClH/c30-26(28-24-18-10-11-19-25(24)29(31)32)27-20-33(21-12-4-1-5-13-21,22-14-6-2-7-15-22)23-16-8-3-9-17-23;/h1-19H,20H2,(H-,27,28,30);1H. The number of nitrogens with one attached hydrogen (secondary N) is 2. The zero-order valence-corrected chi connectivity index (χ0v) is 19.8. The van der Waals surface area contributed by atoms with Crippen molar-refractivity contribution in [2.24, 2.45) is 0 Å². The van der Waals surface area contributed by atoms with Gasteiger partial charge >= 0.3 is 6.03 Å². The van der Waals surface area contributed by atoms with Crippen molar-refractivity contribution in [3.05, 3.63) is 125 Å². The Morgan fingerprint density at radius 1 is 0.706 bits per heavy atom. The van der Waals surface area contributed by atoms with Gasteiger partial charge in [-0.1, -0.05) is 66.7 Å². The van der Waals surface area contributed by atoms with Crippen molar-refractivity contribution < 1.29 is 22.1 Å². The van der Waals surface area contributed by atoms with Crippen molar-refractivity contribution in [1.82, 2.24) is 5.32 Å². The van der Waals surface area contributed by atoms with Crippen molar-refractivity contribution in [1.29, 1.82) is 0 Å². The third-order valence-corrected chi connectivity index (χ3v) is 9.59. The highest BCUT2D eigenvalue weighted by Crippen LogP contribution is 2.54. The van der Waals surface area contributed by atoms with Gasteiger partial charge in [-0.25, -0.2) is 4.79 Å². The van der Waals surface area contributed by atoms with Gasteiger partial charge in [0.15, 0.2) is 0 Å². The van der Waals surface area contributed by atoms with Crippen molar-refractivity contribution in [2.45, 2.75) is 0 Å². The molecule has 4 aromatic carbocycles. The summed E-state index contributed by atoms with van der Waals surface area (Å²) in [7, 11) is -2.25. The molecule has 0 saturated carbocycles. The van der Waals surface area contributed by atoms with Crippen LogP contribution >= 0.6 is 7.26 Å². The van der Waals surface area contributed by atoms with Crippen LogP contribution in [0, 0.1) is 10.1 Å². The average molecular weight is 492 g/mol. The number of anilines is 1. The predicted molar refractivity (Wildman–Crippen MR) is 135 cm³/mol. The maximum atomic E-state index is 12.9. The Morgan fingerprint density at radius 3 is 1.56 bits per heavy atom. The molecule has 4 aromatic rings. The SMILES string of the molecule is O=C(NC[P+](c1ccccc1)(c1ccccc1)c1ccccc1)Nc1ccccc1[N+](=O)[O-].[Cl-]. The molecule has 0 bridgehead atoms. The Morgan fingerprint density at radius 2 is 1.12 bits per heavy atom. The quantitative estimate of drug-likeness (QED) is 0.234. The Balaban J connectivity index is 0.00000324. The van der Waals surface area contributed by atoms with E-state index in [0.717, 1.165) is 15.9 Å². The second kappa shape index (κ2) is 11.4. The first-order valence-electron chi connectivity index (χ1n) is 10.4. The van der Waals surface area contributed by atoms with Gasteiger partial charge in [0, 0.05) is 6.07 Å². The first-order chi connectivity index (χ1) is 16.1. The van der Waals surface area contributed by atoms with Gasteiger partial charge in [0.1, 0.15) is 35.1 Å². The zero-order valence-electron chi connectivity index (χ0n) is 18.2. The maximum absolute atomic E-state index is 12.9. The summed E-state index contributed by atoms with van der Waals surface area (Å²) in [6.07, 6.45) is 0.359. The molecule has 2 N–H and O–H groups in total. The van der Waals surface area contributed by atoms with E-state index in [0.29, 0.717) is 6.29 Å². The molecule has 6 nitrogen and oxygen atoms in total. The molecule has 0 unspecified atom stereocenters. The van der Waals surface area contributed by atoms with Crippen LogP contribution in [0.1, 0.15) is 0 Å². The Kier molecular flexibility index (Phi) is 8.36. The van der Waals surface area contributed by atoms with Crippen LogP contribution in [0.15, 0.2) is 115 Å². The molecule has 0 aliphatic rings. The molecule has 0 aromatic heterocycles. The molecule has 0 radical (unpaired) electrons. The van der Waals surface area contributed by atoms with E-state index in [-0.39, 0.29) is 23.8 Å². The maximum Gasteiger partial charge on any atom is 0.322 e. The molecule has 8 heteroatoms. The number of carbonyl (C=O) groups is 1. The number of amides is 2. The Labute approximate surface area is 204 Å². The number of nitro groups is 1. The van der Waals surface area contributed by atoms with Gasteiger partial charge in [0.25, 0.3) is 5.69 Å². The fourth-order valence-corrected chi connectivity index (χ4v) is 7.73. The number of halogens is 1. The molecule has 0 atom stereocenters. The summed E-state index contributed by atoms with van der Waals surface area (Å²) in [6, 6.07) is 36.1. The topological polar surface area (TPSA) is 84.3 Å². The molecule has 0 spiro atoms. The lowest BCUT2D eigenvalue weighted by atomic mass is 10.3. The number of rotatable bonds is 7. The number of carbonyl (C=O) groups excluding carboxylic acids is 1. The summed E-state index contributed by atoms with van der Waals surface area (Å²) >= 11 is 0. The van der Waals surface area contributed by atoms with E-state index >= 15 is 0 Å². The number of hydrogen-bond donors (Lipinski definition) is 2. The van der Waals surface area contributed by atoms with Crippen LogP contribution in [0.2, 0.25) is 0 Å². The van der Waals surface area contributed by atoms with Crippen LogP contribution in [0.5, 0.6) is 0 Å². The van der Waals surface area contributed by atoms with Crippen LogP contribution in [-0.2, 0) is 0 Å². The van der Waals surface area contributed by atoms with Gasteiger partial charge < -0.3 is 23.0 Å². The third kappa shape index (κ3) is 5.25. The molecule has 0 saturated heterocycles. The first kappa shape index (κ1) is 24.9. The number of nitro benzene ring substituents is 1. The van der Waals surface area contributed by atoms with E-state index < -0.39 is 18.2 Å². The normalized spacial score (nSPS) is 10.6. The lowest BCUT2D eigenvalue weighted by Crippen LogP contribution is -3.00. The molecule has 4 rings (SSSR count). The number of para-hydroxylation sites is 2. The van der Waals surface area contributed by atoms with Crippen LogP contribution in [0.3, 0.4) is 0 Å². The number of benzene rings is 4. The Bertz CT molecular complexity index is 1150. The van der Waals surface area contributed by atoms with E-state index in [1.807, 2.05) is 54.6 Å². The number of hydrogen-bond acceptors (Lipinski definition) is 3. The Hall–Kier alpha value is -3.73. The summed E-state index contributed by atoms with van der Waals surface area (Å²) in [5, 5.41) is 20.4. The highest BCUT2D eigenvalue weighted by molar-refractivity contribution is 7.95. The summed E-state index contributed by atoms with van der Waals surface area (Å²) in [4.78, 5) is 23.7. The van der Waals surface area contributed by atoms with Gasteiger partial charge in [-0.05, 0) is 42.5 Å². The zero-order chi connectivity index (χ0) is 23.1.